The van der Waals surface area contributed by atoms with Crippen LogP contribution in [0.15, 0.2) is 60.7 Å². The van der Waals surface area contributed by atoms with Gasteiger partial charge in [-0.2, -0.15) is 0 Å². The van der Waals surface area contributed by atoms with Gasteiger partial charge in [0.05, 0.1) is 11.6 Å². The van der Waals surface area contributed by atoms with Gasteiger partial charge in [0.1, 0.15) is 11.9 Å². The van der Waals surface area contributed by atoms with E-state index in [1.165, 1.54) is 11.1 Å². The maximum Gasteiger partial charge on any atom is 0.257 e. The molecule has 1 fully saturated rings. The number of ether oxygens (including phenoxy) is 1. The molecule has 2 aliphatic rings. The molecule has 5 heteroatoms. The van der Waals surface area contributed by atoms with Crippen LogP contribution in [-0.4, -0.2) is 55.0 Å². The number of nitrogens with two attached hydrogens (primary N) is 1. The van der Waals surface area contributed by atoms with Crippen molar-refractivity contribution < 1.29 is 9.53 Å². The fraction of sp³-hybridized carbons (Fsp3) is 0.370. The van der Waals surface area contributed by atoms with E-state index >= 15 is 0 Å². The highest BCUT2D eigenvalue weighted by molar-refractivity contribution is 6.01. The summed E-state index contributed by atoms with van der Waals surface area (Å²) in [7, 11) is 3.56. The van der Waals surface area contributed by atoms with Crippen LogP contribution in [0, 0.1) is 0 Å². The number of nitrogens with zero attached hydrogens (tertiary/aromatic N) is 2. The molecule has 2 N–H and O–H groups in total. The number of hydrogen-bond donors (Lipinski definition) is 1. The molecule has 1 heterocycles. The van der Waals surface area contributed by atoms with E-state index in [2.05, 4.69) is 35.2 Å². The number of carbonyl (C=O) groups excluding carboxylic acids is 1. The lowest BCUT2D eigenvalue weighted by Gasteiger charge is -2.38. The second kappa shape index (κ2) is 8.57. The van der Waals surface area contributed by atoms with Crippen molar-refractivity contribution in [3.63, 3.8) is 0 Å². The van der Waals surface area contributed by atoms with Crippen molar-refractivity contribution in [2.45, 2.75) is 37.5 Å². The summed E-state index contributed by atoms with van der Waals surface area (Å²) in [5.41, 5.74) is 9.46. The molecule has 0 radical (unpaired) electrons. The van der Waals surface area contributed by atoms with Crippen LogP contribution in [0.4, 0.5) is 0 Å². The van der Waals surface area contributed by atoms with E-state index in [9.17, 15) is 4.79 Å². The highest BCUT2D eigenvalue weighted by Gasteiger charge is 2.39. The van der Waals surface area contributed by atoms with E-state index in [0.717, 1.165) is 43.1 Å². The fourth-order valence-corrected chi connectivity index (χ4v) is 5.20. The Hall–Kier alpha value is -2.89. The lowest BCUT2D eigenvalue weighted by Crippen LogP contribution is -2.49. The predicted octanol–water partition coefficient (Wildman–Crippen LogP) is 4.01. The normalized spacial score (nSPS) is 23.2. The minimum absolute atomic E-state index is 0.0476. The summed E-state index contributed by atoms with van der Waals surface area (Å²) in [6, 6.07) is 21.0. The second-order valence-corrected chi connectivity index (χ2v) is 9.30. The van der Waals surface area contributed by atoms with Crippen molar-refractivity contribution in [1.82, 2.24) is 9.80 Å². The minimum Gasteiger partial charge on any atom is -0.483 e. The van der Waals surface area contributed by atoms with E-state index in [1.807, 2.05) is 30.3 Å². The third-order valence-corrected chi connectivity index (χ3v) is 6.84. The third kappa shape index (κ3) is 3.87. The average molecular weight is 430 g/mol. The van der Waals surface area contributed by atoms with Gasteiger partial charge in [0.2, 0.25) is 0 Å². The lowest BCUT2D eigenvalue weighted by molar-refractivity contribution is 0.0577. The summed E-state index contributed by atoms with van der Waals surface area (Å²) in [4.78, 5) is 17.2. The molecule has 3 aromatic rings. The largest absolute Gasteiger partial charge is 0.483 e. The summed E-state index contributed by atoms with van der Waals surface area (Å²) >= 11 is 0. The van der Waals surface area contributed by atoms with Crippen LogP contribution in [0.25, 0.3) is 10.8 Å². The maximum atomic E-state index is 13.1. The summed E-state index contributed by atoms with van der Waals surface area (Å²) in [6.07, 6.45) is 3.00. The van der Waals surface area contributed by atoms with Crippen molar-refractivity contribution >= 4 is 16.7 Å². The number of piperidine rings is 1. The van der Waals surface area contributed by atoms with Crippen LogP contribution < -0.4 is 10.5 Å². The monoisotopic (exact) mass is 429 g/mol. The number of carbonyl (C=O) groups is 1. The smallest absolute Gasteiger partial charge is 0.257 e. The first-order valence-corrected chi connectivity index (χ1v) is 11.5. The zero-order valence-electron chi connectivity index (χ0n) is 18.8. The molecule has 0 aromatic heterocycles. The molecule has 5 rings (SSSR count). The Morgan fingerprint density at radius 2 is 1.78 bits per heavy atom. The van der Waals surface area contributed by atoms with Gasteiger partial charge in [-0.1, -0.05) is 48.5 Å². The van der Waals surface area contributed by atoms with Gasteiger partial charge in [0, 0.05) is 26.7 Å². The van der Waals surface area contributed by atoms with Gasteiger partial charge in [0.25, 0.3) is 5.91 Å². The molecule has 0 spiro atoms. The van der Waals surface area contributed by atoms with E-state index in [1.54, 1.807) is 19.0 Å². The van der Waals surface area contributed by atoms with Crippen molar-refractivity contribution in [2.24, 2.45) is 5.73 Å². The number of benzene rings is 3. The van der Waals surface area contributed by atoms with E-state index in [-0.39, 0.29) is 24.1 Å². The SMILES string of the molecule is CN(C)C(=O)c1cc2ccccc2cc1O[C@@H]1c2ccccc2C[C@H]1N1CCC[C@@H](N)C1. The number of rotatable bonds is 4. The first kappa shape index (κ1) is 21.0. The summed E-state index contributed by atoms with van der Waals surface area (Å²) in [6.45, 7) is 1.92. The molecule has 1 aliphatic carbocycles. The molecule has 3 atom stereocenters. The van der Waals surface area contributed by atoms with Crippen molar-refractivity contribution in [2.75, 3.05) is 27.2 Å². The highest BCUT2D eigenvalue weighted by atomic mass is 16.5. The number of likely N-dealkylation sites (tertiary alicyclic amines) is 1. The molecule has 0 unspecified atom stereocenters. The van der Waals surface area contributed by atoms with Gasteiger partial charge in [0.15, 0.2) is 0 Å². The number of hydrogen-bond acceptors (Lipinski definition) is 4. The topological polar surface area (TPSA) is 58.8 Å². The molecule has 166 valence electrons. The number of amides is 1. The zero-order valence-corrected chi connectivity index (χ0v) is 18.8. The second-order valence-electron chi connectivity index (χ2n) is 9.30. The van der Waals surface area contributed by atoms with Crippen molar-refractivity contribution in [3.05, 3.63) is 77.4 Å². The van der Waals surface area contributed by atoms with Gasteiger partial charge in [-0.3, -0.25) is 9.69 Å². The molecule has 1 amide bonds. The number of fused-ring (bicyclic) bond motifs is 2. The first-order valence-electron chi connectivity index (χ1n) is 11.5. The minimum atomic E-state index is -0.133. The van der Waals surface area contributed by atoms with Gasteiger partial charge >= 0.3 is 0 Å². The van der Waals surface area contributed by atoms with Crippen LogP contribution in [0.1, 0.15) is 40.4 Å². The van der Waals surface area contributed by atoms with Crippen molar-refractivity contribution in [1.29, 1.82) is 0 Å². The van der Waals surface area contributed by atoms with Crippen LogP contribution in [0.3, 0.4) is 0 Å². The highest BCUT2D eigenvalue weighted by Crippen LogP contribution is 2.40. The van der Waals surface area contributed by atoms with Crippen LogP contribution in [0.5, 0.6) is 5.75 Å². The Balaban J connectivity index is 1.57. The molecule has 5 nitrogen and oxygen atoms in total. The van der Waals surface area contributed by atoms with Crippen molar-refractivity contribution in [3.8, 4) is 5.75 Å². The Morgan fingerprint density at radius 3 is 2.53 bits per heavy atom. The molecule has 32 heavy (non-hydrogen) atoms. The molecular weight excluding hydrogens is 398 g/mol. The molecular formula is C27H31N3O2. The molecule has 3 aromatic carbocycles. The molecule has 0 saturated carbocycles. The van der Waals surface area contributed by atoms with E-state index in [0.29, 0.717) is 11.3 Å². The quantitative estimate of drug-likeness (QED) is 0.681. The zero-order chi connectivity index (χ0) is 22.2. The maximum absolute atomic E-state index is 13.1. The first-order chi connectivity index (χ1) is 15.5. The third-order valence-electron chi connectivity index (χ3n) is 6.84. The van der Waals surface area contributed by atoms with Gasteiger partial charge in [-0.05, 0) is 59.8 Å². The summed E-state index contributed by atoms with van der Waals surface area (Å²) in [5, 5.41) is 2.11. The fourth-order valence-electron chi connectivity index (χ4n) is 5.20. The lowest BCUT2D eigenvalue weighted by atomic mass is 10.0. The average Bonchev–Trinajstić information content (AvgIpc) is 3.16. The van der Waals surface area contributed by atoms with E-state index in [4.69, 9.17) is 10.5 Å². The Kier molecular flexibility index (Phi) is 5.62. The molecule has 1 saturated heterocycles. The van der Waals surface area contributed by atoms with Crippen LogP contribution >= 0.6 is 0 Å². The molecule has 1 aliphatic heterocycles. The molecule has 0 bridgehead atoms. The van der Waals surface area contributed by atoms with Gasteiger partial charge in [-0.15, -0.1) is 0 Å². The summed E-state index contributed by atoms with van der Waals surface area (Å²) < 4.78 is 6.78. The van der Waals surface area contributed by atoms with Gasteiger partial charge < -0.3 is 15.4 Å². The van der Waals surface area contributed by atoms with Crippen LogP contribution in [-0.2, 0) is 6.42 Å². The van der Waals surface area contributed by atoms with Crippen LogP contribution in [0.2, 0.25) is 0 Å². The Bertz CT molecular complexity index is 1140. The predicted molar refractivity (Wildman–Crippen MR) is 128 cm³/mol. The standard InChI is InChI=1S/C27H31N3O2/c1-29(2)27(31)23-14-18-8-3-4-9-19(18)16-25(23)32-26-22-12-6-5-10-20(22)15-24(26)30-13-7-11-21(28)17-30/h3-6,8-10,12,14,16,21,24,26H,7,11,13,15,17,28H2,1-2H3/t21-,24-,26-/m1/s1. The Labute approximate surface area is 189 Å². The van der Waals surface area contributed by atoms with Gasteiger partial charge in [-0.25, -0.2) is 0 Å². The Morgan fingerprint density at radius 1 is 1.06 bits per heavy atom. The van der Waals surface area contributed by atoms with E-state index < -0.39 is 0 Å². The summed E-state index contributed by atoms with van der Waals surface area (Å²) in [5.74, 6) is 0.601.